The van der Waals surface area contributed by atoms with Gasteiger partial charge in [-0.25, -0.2) is 4.79 Å². The molecule has 0 radical (unpaired) electrons. The molecule has 0 aliphatic carbocycles. The average Bonchev–Trinajstić information content (AvgIpc) is 2.77. The minimum Gasteiger partial charge on any atom is -0.481 e. The number of carbonyl (C=O) groups is 2. The van der Waals surface area contributed by atoms with E-state index in [4.69, 9.17) is 9.47 Å². The van der Waals surface area contributed by atoms with E-state index in [1.54, 1.807) is 18.9 Å². The molecule has 2 N–H and O–H groups in total. The second kappa shape index (κ2) is 7.61. The molecular formula is C14H26N2O5. The summed E-state index contributed by atoms with van der Waals surface area (Å²) in [5, 5.41) is 12.1. The molecule has 2 unspecified atom stereocenters. The predicted octanol–water partition coefficient (Wildman–Crippen LogP) is 0.790. The zero-order valence-electron chi connectivity index (χ0n) is 13.2. The predicted molar refractivity (Wildman–Crippen MR) is 77.2 cm³/mol. The van der Waals surface area contributed by atoms with E-state index in [1.165, 1.54) is 0 Å². The van der Waals surface area contributed by atoms with Gasteiger partial charge in [-0.2, -0.15) is 0 Å². The molecule has 1 aliphatic heterocycles. The molecule has 1 fully saturated rings. The molecule has 2 atom stereocenters. The fourth-order valence-corrected chi connectivity index (χ4v) is 2.24. The Hall–Kier alpha value is -1.34. The summed E-state index contributed by atoms with van der Waals surface area (Å²) >= 11 is 0. The molecule has 122 valence electrons. The molecular weight excluding hydrogens is 276 g/mol. The maximum absolute atomic E-state index is 12.4. The monoisotopic (exact) mass is 302 g/mol. The number of hydrogen-bond acceptors (Lipinski definition) is 4. The molecule has 1 rings (SSSR count). The van der Waals surface area contributed by atoms with E-state index in [9.17, 15) is 14.7 Å². The molecule has 0 aromatic carbocycles. The van der Waals surface area contributed by atoms with Gasteiger partial charge in [0, 0.05) is 20.2 Å². The van der Waals surface area contributed by atoms with E-state index in [1.807, 2.05) is 13.8 Å². The van der Waals surface area contributed by atoms with Crippen LogP contribution in [0.4, 0.5) is 4.79 Å². The normalized spacial score (nSPS) is 25.1. The third kappa shape index (κ3) is 4.57. The number of nitrogens with zero attached hydrogens (tertiary/aromatic N) is 1. The second-order valence-electron chi connectivity index (χ2n) is 6.07. The van der Waals surface area contributed by atoms with Crippen LogP contribution in [0.3, 0.4) is 0 Å². The van der Waals surface area contributed by atoms with Crippen molar-refractivity contribution in [1.29, 1.82) is 0 Å². The summed E-state index contributed by atoms with van der Waals surface area (Å²) < 4.78 is 10.3. The van der Waals surface area contributed by atoms with Crippen LogP contribution < -0.4 is 5.32 Å². The summed E-state index contributed by atoms with van der Waals surface area (Å²) in [7, 11) is 1.58. The largest absolute Gasteiger partial charge is 0.481 e. The van der Waals surface area contributed by atoms with Gasteiger partial charge in [0.05, 0.1) is 25.9 Å². The number of carboxylic acids is 1. The summed E-state index contributed by atoms with van der Waals surface area (Å²) in [5.41, 5.74) is -1.08. The lowest BCUT2D eigenvalue weighted by atomic mass is 9.85. The highest BCUT2D eigenvalue weighted by Crippen LogP contribution is 2.28. The van der Waals surface area contributed by atoms with E-state index in [0.717, 1.165) is 0 Å². The minimum atomic E-state index is -1.08. The van der Waals surface area contributed by atoms with Crippen molar-refractivity contribution in [1.82, 2.24) is 10.2 Å². The van der Waals surface area contributed by atoms with Gasteiger partial charge in [0.2, 0.25) is 0 Å². The number of rotatable bonds is 7. The first-order chi connectivity index (χ1) is 9.81. The first-order valence-corrected chi connectivity index (χ1v) is 7.16. The van der Waals surface area contributed by atoms with Crippen molar-refractivity contribution in [3.05, 3.63) is 0 Å². The van der Waals surface area contributed by atoms with E-state index in [2.05, 4.69) is 5.32 Å². The van der Waals surface area contributed by atoms with Crippen LogP contribution in [0, 0.1) is 11.3 Å². The first-order valence-electron chi connectivity index (χ1n) is 7.16. The Morgan fingerprint density at radius 1 is 1.52 bits per heavy atom. The summed E-state index contributed by atoms with van der Waals surface area (Å²) in [5.74, 6) is -0.643. The molecule has 0 aromatic rings. The molecule has 7 nitrogen and oxygen atoms in total. The van der Waals surface area contributed by atoms with Crippen molar-refractivity contribution in [3.63, 3.8) is 0 Å². The van der Waals surface area contributed by atoms with Gasteiger partial charge in [-0.15, -0.1) is 0 Å². The van der Waals surface area contributed by atoms with E-state index >= 15 is 0 Å². The first kappa shape index (κ1) is 17.7. The standard InChI is InChI=1S/C14H26N2O5/c1-10(2)7-16(5-6-20-4)13(19)15-11-8-21-9-14(11,3)12(17)18/h10-11H,5-9H2,1-4H3,(H,15,19)(H,17,18). The van der Waals surface area contributed by atoms with Crippen molar-refractivity contribution in [2.45, 2.75) is 26.8 Å². The third-order valence-electron chi connectivity index (χ3n) is 3.68. The van der Waals surface area contributed by atoms with Crippen molar-refractivity contribution >= 4 is 12.0 Å². The summed E-state index contributed by atoms with van der Waals surface area (Å²) in [6.07, 6.45) is 0. The lowest BCUT2D eigenvalue weighted by molar-refractivity contribution is -0.148. The summed E-state index contributed by atoms with van der Waals surface area (Å²) in [6, 6.07) is -0.802. The van der Waals surface area contributed by atoms with Gasteiger partial charge in [0.1, 0.15) is 5.41 Å². The molecule has 7 heteroatoms. The fraction of sp³-hybridized carbons (Fsp3) is 0.857. The highest BCUT2D eigenvalue weighted by Gasteiger charge is 2.47. The molecule has 0 aromatic heterocycles. The van der Waals surface area contributed by atoms with E-state index in [-0.39, 0.29) is 19.2 Å². The van der Waals surface area contributed by atoms with E-state index < -0.39 is 17.4 Å². The second-order valence-corrected chi connectivity index (χ2v) is 6.07. The maximum atomic E-state index is 12.4. The number of ether oxygens (including phenoxy) is 2. The summed E-state index contributed by atoms with van der Waals surface area (Å²) in [6.45, 7) is 7.46. The van der Waals surface area contributed by atoms with Gasteiger partial charge < -0.3 is 24.8 Å². The van der Waals surface area contributed by atoms with Crippen LogP contribution in [0.1, 0.15) is 20.8 Å². The van der Waals surface area contributed by atoms with Crippen LogP contribution in [-0.2, 0) is 14.3 Å². The van der Waals surface area contributed by atoms with Gasteiger partial charge in [-0.1, -0.05) is 13.8 Å². The zero-order chi connectivity index (χ0) is 16.0. The number of urea groups is 1. The van der Waals surface area contributed by atoms with Crippen LogP contribution in [-0.4, -0.2) is 68.1 Å². The quantitative estimate of drug-likeness (QED) is 0.726. The Morgan fingerprint density at radius 2 is 2.19 bits per heavy atom. The van der Waals surface area contributed by atoms with Crippen LogP contribution in [0.5, 0.6) is 0 Å². The van der Waals surface area contributed by atoms with Gasteiger partial charge >= 0.3 is 12.0 Å². The van der Waals surface area contributed by atoms with E-state index in [0.29, 0.717) is 25.6 Å². The Labute approximate surface area is 125 Å². The summed E-state index contributed by atoms with van der Waals surface area (Å²) in [4.78, 5) is 25.4. The maximum Gasteiger partial charge on any atom is 0.317 e. The average molecular weight is 302 g/mol. The lowest BCUT2D eigenvalue weighted by Gasteiger charge is -2.30. The van der Waals surface area contributed by atoms with Crippen molar-refractivity contribution in [3.8, 4) is 0 Å². The Morgan fingerprint density at radius 3 is 2.71 bits per heavy atom. The topological polar surface area (TPSA) is 88.1 Å². The minimum absolute atomic E-state index is 0.107. The number of aliphatic carboxylic acids is 1. The molecule has 1 aliphatic rings. The van der Waals surface area contributed by atoms with Crippen LogP contribution in [0.25, 0.3) is 0 Å². The molecule has 0 bridgehead atoms. The number of hydrogen-bond donors (Lipinski definition) is 2. The molecule has 2 amide bonds. The Bertz CT molecular complexity index is 374. The smallest absolute Gasteiger partial charge is 0.317 e. The lowest BCUT2D eigenvalue weighted by Crippen LogP contribution is -2.54. The fourth-order valence-electron chi connectivity index (χ4n) is 2.24. The number of methoxy groups -OCH3 is 1. The van der Waals surface area contributed by atoms with Gasteiger partial charge in [-0.05, 0) is 12.8 Å². The van der Waals surface area contributed by atoms with Gasteiger partial charge in [-0.3, -0.25) is 4.79 Å². The van der Waals surface area contributed by atoms with Crippen molar-refractivity contribution < 1.29 is 24.2 Å². The molecule has 1 saturated heterocycles. The Balaban J connectivity index is 2.69. The molecule has 0 saturated carbocycles. The number of carboxylic acid groups (broad SMARTS) is 1. The third-order valence-corrected chi connectivity index (χ3v) is 3.68. The highest BCUT2D eigenvalue weighted by molar-refractivity contribution is 5.79. The SMILES string of the molecule is COCCN(CC(C)C)C(=O)NC1COCC1(C)C(=O)O. The van der Waals surface area contributed by atoms with Crippen molar-refractivity contribution in [2.24, 2.45) is 11.3 Å². The Kier molecular flexibility index (Phi) is 6.42. The van der Waals surface area contributed by atoms with Crippen LogP contribution in [0.15, 0.2) is 0 Å². The zero-order valence-corrected chi connectivity index (χ0v) is 13.2. The number of nitrogens with one attached hydrogen (secondary N) is 1. The van der Waals surface area contributed by atoms with Gasteiger partial charge in [0.15, 0.2) is 0 Å². The van der Waals surface area contributed by atoms with Crippen molar-refractivity contribution in [2.75, 3.05) is 40.0 Å². The van der Waals surface area contributed by atoms with Crippen LogP contribution >= 0.6 is 0 Å². The number of carbonyl (C=O) groups excluding carboxylic acids is 1. The van der Waals surface area contributed by atoms with Gasteiger partial charge in [0.25, 0.3) is 0 Å². The number of amides is 2. The molecule has 0 spiro atoms. The van der Waals surface area contributed by atoms with Crippen LogP contribution in [0.2, 0.25) is 0 Å². The molecule has 21 heavy (non-hydrogen) atoms. The highest BCUT2D eigenvalue weighted by atomic mass is 16.5. The molecule has 1 heterocycles.